The highest BCUT2D eigenvalue weighted by atomic mass is 16.5. The van der Waals surface area contributed by atoms with Gasteiger partial charge in [0.1, 0.15) is 6.54 Å². The zero-order valence-electron chi connectivity index (χ0n) is 17.0. The molecule has 0 saturated carbocycles. The van der Waals surface area contributed by atoms with Crippen LogP contribution in [0.4, 0.5) is 5.69 Å². The van der Waals surface area contributed by atoms with E-state index in [4.69, 9.17) is 9.47 Å². The van der Waals surface area contributed by atoms with Gasteiger partial charge in [-0.1, -0.05) is 26.0 Å². The van der Waals surface area contributed by atoms with Crippen LogP contribution in [0.1, 0.15) is 37.8 Å². The fourth-order valence-electron chi connectivity index (χ4n) is 2.94. The number of methoxy groups -OCH3 is 1. The molecule has 0 heterocycles. The number of rotatable bonds is 9. The second-order valence-electron chi connectivity index (χ2n) is 7.05. The summed E-state index contributed by atoms with van der Waals surface area (Å²) >= 11 is 0. The smallest absolute Gasteiger partial charge is 0.279 e. The number of quaternary nitrogens is 1. The van der Waals surface area contributed by atoms with E-state index in [0.717, 1.165) is 34.2 Å². The summed E-state index contributed by atoms with van der Waals surface area (Å²) in [4.78, 5) is 13.4. The van der Waals surface area contributed by atoms with Crippen LogP contribution in [0.5, 0.6) is 11.5 Å². The number of hydrogen-bond acceptors (Lipinski definition) is 3. The van der Waals surface area contributed by atoms with Crippen molar-refractivity contribution in [2.24, 2.45) is 0 Å². The molecular formula is C22H31N2O3+. The molecule has 5 heteroatoms. The molecule has 2 aromatic carbocycles. The second kappa shape index (κ2) is 9.97. The lowest BCUT2D eigenvalue weighted by atomic mass is 10.0. The van der Waals surface area contributed by atoms with E-state index in [9.17, 15) is 4.79 Å². The minimum absolute atomic E-state index is 0.00250. The first-order valence-electron chi connectivity index (χ1n) is 9.43. The standard InChI is InChI=1S/C22H30N2O3/c1-6-27-20-12-7-17(13-21(20)26-5)14-24(4)15-22(25)23-19-10-8-18(9-11-19)16(2)3/h7-13,16H,6,14-15H2,1-5H3,(H,23,25)/p+1. The Morgan fingerprint density at radius 2 is 1.81 bits per heavy atom. The lowest BCUT2D eigenvalue weighted by Crippen LogP contribution is -3.08. The van der Waals surface area contributed by atoms with Crippen LogP contribution in [0.15, 0.2) is 42.5 Å². The van der Waals surface area contributed by atoms with E-state index in [1.165, 1.54) is 5.56 Å². The highest BCUT2D eigenvalue weighted by Crippen LogP contribution is 2.27. The molecule has 0 aromatic heterocycles. The summed E-state index contributed by atoms with van der Waals surface area (Å²) in [6.45, 7) is 7.97. The Balaban J connectivity index is 1.90. The highest BCUT2D eigenvalue weighted by molar-refractivity contribution is 5.91. The van der Waals surface area contributed by atoms with Gasteiger partial charge in [0.2, 0.25) is 0 Å². The van der Waals surface area contributed by atoms with Crippen LogP contribution in [0.25, 0.3) is 0 Å². The molecule has 0 aliphatic rings. The zero-order chi connectivity index (χ0) is 19.8. The van der Waals surface area contributed by atoms with Gasteiger partial charge < -0.3 is 19.7 Å². The zero-order valence-corrected chi connectivity index (χ0v) is 17.0. The predicted molar refractivity (Wildman–Crippen MR) is 109 cm³/mol. The summed E-state index contributed by atoms with van der Waals surface area (Å²) in [5.41, 5.74) is 3.20. The van der Waals surface area contributed by atoms with Crippen LogP contribution < -0.4 is 19.7 Å². The lowest BCUT2D eigenvalue weighted by Gasteiger charge is -2.16. The van der Waals surface area contributed by atoms with E-state index in [1.54, 1.807) is 7.11 Å². The van der Waals surface area contributed by atoms with Crippen LogP contribution in [0, 0.1) is 0 Å². The normalized spacial score (nSPS) is 11.9. The summed E-state index contributed by atoms with van der Waals surface area (Å²) < 4.78 is 10.9. The third-order valence-electron chi connectivity index (χ3n) is 4.36. The van der Waals surface area contributed by atoms with E-state index >= 15 is 0 Å². The van der Waals surface area contributed by atoms with Gasteiger partial charge >= 0.3 is 0 Å². The summed E-state index contributed by atoms with van der Waals surface area (Å²) in [5.74, 6) is 1.94. The van der Waals surface area contributed by atoms with Gasteiger partial charge in [-0.05, 0) is 48.7 Å². The molecule has 27 heavy (non-hydrogen) atoms. The number of likely N-dealkylation sites (N-methyl/N-ethyl adjacent to an activating group) is 1. The maximum Gasteiger partial charge on any atom is 0.279 e. The van der Waals surface area contributed by atoms with E-state index < -0.39 is 0 Å². The fourth-order valence-corrected chi connectivity index (χ4v) is 2.94. The number of nitrogens with one attached hydrogen (secondary N) is 2. The maximum atomic E-state index is 12.3. The minimum Gasteiger partial charge on any atom is -0.493 e. The van der Waals surface area contributed by atoms with Crippen molar-refractivity contribution in [3.63, 3.8) is 0 Å². The number of amides is 1. The monoisotopic (exact) mass is 371 g/mol. The first kappa shape index (κ1) is 20.8. The molecule has 1 amide bonds. The molecule has 2 rings (SSSR count). The largest absolute Gasteiger partial charge is 0.493 e. The number of hydrogen-bond donors (Lipinski definition) is 2. The van der Waals surface area contributed by atoms with E-state index in [0.29, 0.717) is 19.1 Å². The molecule has 1 unspecified atom stereocenters. The highest BCUT2D eigenvalue weighted by Gasteiger charge is 2.13. The van der Waals surface area contributed by atoms with Crippen molar-refractivity contribution in [1.29, 1.82) is 0 Å². The number of ether oxygens (including phenoxy) is 2. The predicted octanol–water partition coefficient (Wildman–Crippen LogP) is 2.87. The Hall–Kier alpha value is -2.53. The fraction of sp³-hybridized carbons (Fsp3) is 0.409. The van der Waals surface area contributed by atoms with Crippen LogP contribution >= 0.6 is 0 Å². The first-order chi connectivity index (χ1) is 12.9. The number of anilines is 1. The number of carbonyl (C=O) groups excluding carboxylic acids is 1. The molecule has 146 valence electrons. The van der Waals surface area contributed by atoms with E-state index in [-0.39, 0.29) is 5.91 Å². The Morgan fingerprint density at radius 1 is 1.11 bits per heavy atom. The van der Waals surface area contributed by atoms with Crippen molar-refractivity contribution in [3.05, 3.63) is 53.6 Å². The van der Waals surface area contributed by atoms with E-state index in [2.05, 4.69) is 31.3 Å². The Morgan fingerprint density at radius 3 is 2.41 bits per heavy atom. The average Bonchev–Trinajstić information content (AvgIpc) is 2.63. The topological polar surface area (TPSA) is 52.0 Å². The maximum absolute atomic E-state index is 12.3. The minimum atomic E-state index is 0.00250. The van der Waals surface area contributed by atoms with Crippen molar-refractivity contribution in [1.82, 2.24) is 0 Å². The number of carbonyl (C=O) groups is 1. The van der Waals surface area contributed by atoms with Gasteiger partial charge in [-0.25, -0.2) is 0 Å². The van der Waals surface area contributed by atoms with Crippen molar-refractivity contribution >= 4 is 11.6 Å². The van der Waals surface area contributed by atoms with Gasteiger partial charge in [-0.2, -0.15) is 0 Å². The van der Waals surface area contributed by atoms with Gasteiger partial charge in [0.15, 0.2) is 18.0 Å². The van der Waals surface area contributed by atoms with E-state index in [1.807, 2.05) is 44.3 Å². The molecule has 0 radical (unpaired) electrons. The van der Waals surface area contributed by atoms with Crippen LogP contribution in [0.2, 0.25) is 0 Å². The Bertz CT molecular complexity index is 742. The van der Waals surface area contributed by atoms with Crippen LogP contribution in [0.3, 0.4) is 0 Å². The number of benzene rings is 2. The van der Waals surface area contributed by atoms with Crippen molar-refractivity contribution in [2.45, 2.75) is 33.2 Å². The van der Waals surface area contributed by atoms with Crippen molar-refractivity contribution in [2.75, 3.05) is 32.6 Å². The summed E-state index contributed by atoms with van der Waals surface area (Å²) in [6, 6.07) is 13.9. The van der Waals surface area contributed by atoms with Gasteiger partial charge in [0, 0.05) is 11.3 Å². The molecule has 0 fully saturated rings. The Labute approximate surface area is 162 Å². The van der Waals surface area contributed by atoms with Gasteiger partial charge in [0.05, 0.1) is 20.8 Å². The lowest BCUT2D eigenvalue weighted by molar-refractivity contribution is -0.885. The van der Waals surface area contributed by atoms with Gasteiger partial charge in [-0.3, -0.25) is 4.79 Å². The molecule has 2 aromatic rings. The molecule has 0 spiro atoms. The van der Waals surface area contributed by atoms with Crippen LogP contribution in [-0.2, 0) is 11.3 Å². The molecule has 5 nitrogen and oxygen atoms in total. The summed E-state index contributed by atoms with van der Waals surface area (Å²) in [7, 11) is 3.64. The third-order valence-corrected chi connectivity index (χ3v) is 4.36. The van der Waals surface area contributed by atoms with Gasteiger partial charge in [-0.15, -0.1) is 0 Å². The Kier molecular flexibility index (Phi) is 7.67. The molecule has 0 aliphatic carbocycles. The molecule has 0 bridgehead atoms. The first-order valence-corrected chi connectivity index (χ1v) is 9.43. The summed E-state index contributed by atoms with van der Waals surface area (Å²) in [5, 5.41) is 2.97. The third kappa shape index (κ3) is 6.29. The SMILES string of the molecule is CCOc1ccc(C[NH+](C)CC(=O)Nc2ccc(C(C)C)cc2)cc1OC. The summed E-state index contributed by atoms with van der Waals surface area (Å²) in [6.07, 6.45) is 0. The second-order valence-corrected chi connectivity index (χ2v) is 7.05. The average molecular weight is 372 g/mol. The molecule has 0 aliphatic heterocycles. The van der Waals surface area contributed by atoms with Crippen molar-refractivity contribution in [3.8, 4) is 11.5 Å². The van der Waals surface area contributed by atoms with Gasteiger partial charge in [0.25, 0.3) is 5.91 Å². The quantitative estimate of drug-likeness (QED) is 0.713. The molecule has 1 atom stereocenters. The molecule has 0 saturated heterocycles. The van der Waals surface area contributed by atoms with Crippen molar-refractivity contribution < 1.29 is 19.2 Å². The molecular weight excluding hydrogens is 340 g/mol. The van der Waals surface area contributed by atoms with Crippen LogP contribution in [-0.4, -0.2) is 33.2 Å². The molecule has 2 N–H and O–H groups in total.